The van der Waals surface area contributed by atoms with Crippen LogP contribution >= 0.6 is 0 Å². The molecular weight excluding hydrogens is 452 g/mol. The maximum atomic E-state index is 13.3. The number of hydrogen-bond acceptors (Lipinski definition) is 5. The summed E-state index contributed by atoms with van der Waals surface area (Å²) in [4.78, 5) is 12.9. The maximum absolute atomic E-state index is 13.3. The van der Waals surface area contributed by atoms with E-state index in [2.05, 4.69) is 10.4 Å². The fraction of sp³-hybridized carbons (Fsp3) is 0.120. The molecule has 1 aromatic heterocycles. The van der Waals surface area contributed by atoms with E-state index in [1.807, 2.05) is 36.4 Å². The number of nitrogens with one attached hydrogen (secondary N) is 1. The number of methoxy groups -OCH3 is 1. The van der Waals surface area contributed by atoms with Crippen LogP contribution in [0, 0.1) is 0 Å². The zero-order chi connectivity index (χ0) is 24.1. The zero-order valence-electron chi connectivity index (χ0n) is 18.8. The van der Waals surface area contributed by atoms with Crippen LogP contribution in [0.25, 0.3) is 5.69 Å². The first-order chi connectivity index (χ1) is 16.4. The number of nitrogens with zero attached hydrogens (tertiary/aromatic N) is 3. The fourth-order valence-corrected chi connectivity index (χ4v) is 4.80. The molecule has 0 saturated heterocycles. The molecule has 1 amide bonds. The van der Waals surface area contributed by atoms with Crippen LogP contribution in [-0.2, 0) is 16.6 Å². The number of amides is 1. The van der Waals surface area contributed by atoms with Crippen molar-refractivity contribution < 1.29 is 17.9 Å². The Morgan fingerprint density at radius 2 is 1.82 bits per heavy atom. The second-order valence-corrected chi connectivity index (χ2v) is 9.58. The summed E-state index contributed by atoms with van der Waals surface area (Å²) < 4.78 is 34.9. The number of carbonyl (C=O) groups is 1. The summed E-state index contributed by atoms with van der Waals surface area (Å²) in [5.41, 5.74) is 2.37. The van der Waals surface area contributed by atoms with Gasteiger partial charge in [-0.2, -0.15) is 9.40 Å². The van der Waals surface area contributed by atoms with Gasteiger partial charge in [-0.15, -0.1) is 0 Å². The van der Waals surface area contributed by atoms with E-state index >= 15 is 0 Å². The van der Waals surface area contributed by atoms with Gasteiger partial charge in [0.1, 0.15) is 10.6 Å². The molecule has 1 heterocycles. The van der Waals surface area contributed by atoms with Crippen molar-refractivity contribution in [2.45, 2.75) is 11.4 Å². The Morgan fingerprint density at radius 1 is 1.03 bits per heavy atom. The first kappa shape index (κ1) is 23.2. The van der Waals surface area contributed by atoms with E-state index in [1.54, 1.807) is 41.3 Å². The number of benzene rings is 3. The summed E-state index contributed by atoms with van der Waals surface area (Å²) in [6, 6.07) is 22.6. The summed E-state index contributed by atoms with van der Waals surface area (Å²) in [6.07, 6.45) is 3.47. The highest BCUT2D eigenvalue weighted by atomic mass is 32.2. The molecule has 0 aliphatic heterocycles. The molecule has 0 aliphatic rings. The third-order valence-corrected chi connectivity index (χ3v) is 7.06. The third kappa shape index (κ3) is 5.00. The predicted octanol–water partition coefficient (Wildman–Crippen LogP) is 3.95. The number of sulfonamides is 1. The minimum absolute atomic E-state index is 0.0774. The van der Waals surface area contributed by atoms with Gasteiger partial charge in [-0.25, -0.2) is 13.1 Å². The molecule has 0 spiro atoms. The van der Waals surface area contributed by atoms with Gasteiger partial charge in [-0.05, 0) is 48.0 Å². The second-order valence-electron chi connectivity index (χ2n) is 7.57. The number of aromatic nitrogens is 2. The molecule has 0 aliphatic carbocycles. The summed E-state index contributed by atoms with van der Waals surface area (Å²) in [7, 11) is -1.04. The molecule has 174 valence electrons. The molecule has 8 nitrogen and oxygen atoms in total. The number of hydrogen-bond donors (Lipinski definition) is 1. The Hall–Kier alpha value is -3.95. The summed E-state index contributed by atoms with van der Waals surface area (Å²) in [5, 5.41) is 7.00. The van der Waals surface area contributed by atoms with E-state index in [1.165, 1.54) is 36.7 Å². The van der Waals surface area contributed by atoms with E-state index in [9.17, 15) is 13.2 Å². The van der Waals surface area contributed by atoms with Crippen LogP contribution in [0.15, 0.2) is 96.2 Å². The first-order valence-corrected chi connectivity index (χ1v) is 11.9. The second kappa shape index (κ2) is 9.90. The summed E-state index contributed by atoms with van der Waals surface area (Å²) >= 11 is 0. The molecule has 0 radical (unpaired) electrons. The van der Waals surface area contributed by atoms with E-state index in [0.29, 0.717) is 5.69 Å². The first-order valence-electron chi connectivity index (χ1n) is 10.5. The van der Waals surface area contributed by atoms with Gasteiger partial charge >= 0.3 is 0 Å². The average Bonchev–Trinajstić information content (AvgIpc) is 3.39. The smallest absolute Gasteiger partial charge is 0.255 e. The van der Waals surface area contributed by atoms with E-state index in [4.69, 9.17) is 4.74 Å². The minimum Gasteiger partial charge on any atom is -0.495 e. The highest BCUT2D eigenvalue weighted by Crippen LogP contribution is 2.28. The number of ether oxygens (including phenoxy) is 1. The van der Waals surface area contributed by atoms with E-state index in [-0.39, 0.29) is 22.8 Å². The van der Waals surface area contributed by atoms with Crippen LogP contribution in [-0.4, -0.2) is 42.6 Å². The van der Waals surface area contributed by atoms with Crippen molar-refractivity contribution in [3.8, 4) is 11.4 Å². The van der Waals surface area contributed by atoms with Gasteiger partial charge in [0.15, 0.2) is 0 Å². The van der Waals surface area contributed by atoms with Gasteiger partial charge in [-0.3, -0.25) is 4.79 Å². The highest BCUT2D eigenvalue weighted by molar-refractivity contribution is 7.89. The lowest BCUT2D eigenvalue weighted by Crippen LogP contribution is -2.27. The normalized spacial score (nSPS) is 11.4. The molecule has 9 heteroatoms. The Balaban J connectivity index is 1.59. The topological polar surface area (TPSA) is 93.5 Å². The zero-order valence-corrected chi connectivity index (χ0v) is 19.6. The molecule has 4 rings (SSSR count). The predicted molar refractivity (Wildman–Crippen MR) is 130 cm³/mol. The van der Waals surface area contributed by atoms with Crippen molar-refractivity contribution in [2.24, 2.45) is 0 Å². The molecule has 4 aromatic rings. The van der Waals surface area contributed by atoms with Crippen molar-refractivity contribution in [1.29, 1.82) is 0 Å². The molecule has 34 heavy (non-hydrogen) atoms. The molecule has 0 atom stereocenters. The lowest BCUT2D eigenvalue weighted by Gasteiger charge is -2.19. The highest BCUT2D eigenvalue weighted by Gasteiger charge is 2.26. The van der Waals surface area contributed by atoms with E-state index in [0.717, 1.165) is 11.3 Å². The number of anilines is 1. The standard InChI is InChI=1S/C25H24N4O4S/c1-28(18-19-8-4-3-5-9-19)34(31,32)24-16-20(12-13-23(24)33-2)25(30)27-21-10-6-11-22(17-21)29-15-7-14-26-29/h3-17H,18H2,1-2H3,(H,27,30). The van der Waals surface area contributed by atoms with Gasteiger partial charge < -0.3 is 10.1 Å². The molecule has 3 aromatic carbocycles. The van der Waals surface area contributed by atoms with Crippen molar-refractivity contribution >= 4 is 21.6 Å². The molecule has 0 fully saturated rings. The summed E-state index contributed by atoms with van der Waals surface area (Å²) in [6.45, 7) is 0.184. The monoisotopic (exact) mass is 476 g/mol. The Kier molecular flexibility index (Phi) is 6.76. The lowest BCUT2D eigenvalue weighted by molar-refractivity contribution is 0.102. The van der Waals surface area contributed by atoms with Crippen molar-refractivity contribution in [3.05, 3.63) is 102 Å². The van der Waals surface area contributed by atoms with Crippen LogP contribution in [0.4, 0.5) is 5.69 Å². The number of rotatable bonds is 8. The summed E-state index contributed by atoms with van der Waals surface area (Å²) in [5.74, 6) is -0.278. The Labute approximate surface area is 198 Å². The van der Waals surface area contributed by atoms with Crippen LogP contribution in [0.3, 0.4) is 0 Å². The van der Waals surface area contributed by atoms with Gasteiger partial charge in [0.2, 0.25) is 10.0 Å². The van der Waals surface area contributed by atoms with Crippen LogP contribution in [0.5, 0.6) is 5.75 Å². The lowest BCUT2D eigenvalue weighted by atomic mass is 10.2. The van der Waals surface area contributed by atoms with Gasteiger partial charge in [0.25, 0.3) is 5.91 Å². The van der Waals surface area contributed by atoms with Gasteiger partial charge in [0.05, 0.1) is 12.8 Å². The number of carbonyl (C=O) groups excluding carboxylic acids is 1. The van der Waals surface area contributed by atoms with Crippen LogP contribution in [0.2, 0.25) is 0 Å². The van der Waals surface area contributed by atoms with Gasteiger partial charge in [0, 0.05) is 37.2 Å². The molecule has 0 saturated carbocycles. The average molecular weight is 477 g/mol. The Morgan fingerprint density at radius 3 is 2.53 bits per heavy atom. The Bertz CT molecular complexity index is 1390. The van der Waals surface area contributed by atoms with Crippen molar-refractivity contribution in [2.75, 3.05) is 19.5 Å². The molecule has 1 N–H and O–H groups in total. The van der Waals surface area contributed by atoms with Crippen molar-refractivity contribution in [1.82, 2.24) is 14.1 Å². The fourth-order valence-electron chi connectivity index (χ4n) is 3.46. The van der Waals surface area contributed by atoms with Crippen LogP contribution < -0.4 is 10.1 Å². The molecular formula is C25H24N4O4S. The van der Waals surface area contributed by atoms with Crippen molar-refractivity contribution in [3.63, 3.8) is 0 Å². The van der Waals surface area contributed by atoms with Crippen LogP contribution in [0.1, 0.15) is 15.9 Å². The minimum atomic E-state index is -3.93. The SMILES string of the molecule is COc1ccc(C(=O)Nc2cccc(-n3cccn3)c2)cc1S(=O)(=O)N(C)Cc1ccccc1. The largest absolute Gasteiger partial charge is 0.495 e. The maximum Gasteiger partial charge on any atom is 0.255 e. The van der Waals surface area contributed by atoms with E-state index < -0.39 is 15.9 Å². The molecule has 0 bridgehead atoms. The quantitative estimate of drug-likeness (QED) is 0.416. The third-order valence-electron chi connectivity index (χ3n) is 5.24. The molecule has 0 unspecified atom stereocenters. The van der Waals surface area contributed by atoms with Gasteiger partial charge in [-0.1, -0.05) is 36.4 Å².